The largest absolute Gasteiger partial charge is 0.383 e. The van der Waals surface area contributed by atoms with Gasteiger partial charge in [0.2, 0.25) is 0 Å². The fraction of sp³-hybridized carbons (Fsp3) is 0.533. The molecule has 0 fully saturated rings. The van der Waals surface area contributed by atoms with E-state index in [-0.39, 0.29) is 11.7 Å². The van der Waals surface area contributed by atoms with E-state index in [2.05, 4.69) is 5.32 Å². The maximum Gasteiger partial charge on any atom is 0.138 e. The minimum absolute atomic E-state index is 0.121. The molecule has 1 aromatic carbocycles. The number of ether oxygens (including phenoxy) is 1. The standard InChI is InChI=1S/C13H18ClNO2.C2H6/c1-10(16)13(9-15-7-8-17-2)11-3-5-12(14)6-4-11;1-2/h3-6,13,15H,7-9H2,1-2H3;1-2H3. The van der Waals surface area contributed by atoms with Gasteiger partial charge in [-0.1, -0.05) is 37.6 Å². The van der Waals surface area contributed by atoms with Crippen molar-refractivity contribution in [3.8, 4) is 0 Å². The highest BCUT2D eigenvalue weighted by Gasteiger charge is 2.15. The number of Topliss-reactive ketones (excluding diaryl/α,β-unsaturated/α-hetero) is 1. The molecule has 0 heterocycles. The molecule has 0 aliphatic carbocycles. The van der Waals surface area contributed by atoms with Crippen molar-refractivity contribution in [3.05, 3.63) is 34.9 Å². The van der Waals surface area contributed by atoms with Crippen LogP contribution < -0.4 is 5.32 Å². The van der Waals surface area contributed by atoms with Crippen molar-refractivity contribution in [2.75, 3.05) is 26.8 Å². The van der Waals surface area contributed by atoms with E-state index >= 15 is 0 Å². The molecule has 0 spiro atoms. The number of carbonyl (C=O) groups excluding carboxylic acids is 1. The van der Waals surface area contributed by atoms with Gasteiger partial charge in [-0.15, -0.1) is 0 Å². The van der Waals surface area contributed by atoms with Crippen LogP contribution in [-0.2, 0) is 9.53 Å². The SMILES string of the molecule is CC.COCCNCC(C(C)=O)c1ccc(Cl)cc1. The van der Waals surface area contributed by atoms with E-state index in [9.17, 15) is 4.79 Å². The first-order chi connectivity index (χ1) is 9.15. The van der Waals surface area contributed by atoms with Crippen LogP contribution in [0.25, 0.3) is 0 Å². The fourth-order valence-electron chi connectivity index (χ4n) is 1.61. The van der Waals surface area contributed by atoms with Crippen LogP contribution >= 0.6 is 11.6 Å². The van der Waals surface area contributed by atoms with Crippen molar-refractivity contribution in [1.82, 2.24) is 5.32 Å². The summed E-state index contributed by atoms with van der Waals surface area (Å²) < 4.78 is 4.94. The topological polar surface area (TPSA) is 38.3 Å². The Labute approximate surface area is 121 Å². The number of halogens is 1. The van der Waals surface area contributed by atoms with Crippen LogP contribution in [0, 0.1) is 0 Å². The third kappa shape index (κ3) is 7.31. The zero-order valence-corrected chi connectivity index (χ0v) is 13.0. The molecular weight excluding hydrogens is 262 g/mol. The normalized spacial score (nSPS) is 11.4. The highest BCUT2D eigenvalue weighted by molar-refractivity contribution is 6.30. The van der Waals surface area contributed by atoms with E-state index in [1.165, 1.54) is 0 Å². The average molecular weight is 286 g/mol. The monoisotopic (exact) mass is 285 g/mol. The molecule has 0 saturated carbocycles. The van der Waals surface area contributed by atoms with Crippen LogP contribution in [0.5, 0.6) is 0 Å². The van der Waals surface area contributed by atoms with Gasteiger partial charge < -0.3 is 10.1 Å². The van der Waals surface area contributed by atoms with Gasteiger partial charge in [0.25, 0.3) is 0 Å². The summed E-state index contributed by atoms with van der Waals surface area (Å²) in [4.78, 5) is 11.6. The lowest BCUT2D eigenvalue weighted by Gasteiger charge is -2.15. The first-order valence-electron chi connectivity index (χ1n) is 6.60. The van der Waals surface area contributed by atoms with Crippen LogP contribution in [0.3, 0.4) is 0 Å². The molecule has 4 heteroatoms. The van der Waals surface area contributed by atoms with Gasteiger partial charge in [-0.05, 0) is 24.6 Å². The lowest BCUT2D eigenvalue weighted by Crippen LogP contribution is -2.28. The molecule has 108 valence electrons. The lowest BCUT2D eigenvalue weighted by atomic mass is 9.95. The molecular formula is C15H24ClNO2. The summed E-state index contributed by atoms with van der Waals surface area (Å²) >= 11 is 5.82. The van der Waals surface area contributed by atoms with E-state index in [1.807, 2.05) is 38.1 Å². The zero-order chi connectivity index (χ0) is 14.7. The molecule has 0 radical (unpaired) electrons. The van der Waals surface area contributed by atoms with Crippen molar-refractivity contribution in [2.24, 2.45) is 0 Å². The quantitative estimate of drug-likeness (QED) is 0.782. The molecule has 1 N–H and O–H groups in total. The molecule has 0 saturated heterocycles. The second kappa shape index (κ2) is 11.0. The van der Waals surface area contributed by atoms with Crippen LogP contribution in [-0.4, -0.2) is 32.6 Å². The van der Waals surface area contributed by atoms with Crippen LogP contribution in [0.15, 0.2) is 24.3 Å². The number of ketones is 1. The maximum absolute atomic E-state index is 11.6. The van der Waals surface area contributed by atoms with Gasteiger partial charge in [-0.3, -0.25) is 4.79 Å². The number of nitrogens with one attached hydrogen (secondary N) is 1. The van der Waals surface area contributed by atoms with Crippen LogP contribution in [0.4, 0.5) is 0 Å². The second-order valence-corrected chi connectivity index (χ2v) is 4.35. The minimum Gasteiger partial charge on any atom is -0.383 e. The predicted molar refractivity (Wildman–Crippen MR) is 81.0 cm³/mol. The van der Waals surface area contributed by atoms with Crippen LogP contribution in [0.1, 0.15) is 32.3 Å². The van der Waals surface area contributed by atoms with Crippen molar-refractivity contribution >= 4 is 17.4 Å². The Kier molecular flexibility index (Phi) is 10.5. The zero-order valence-electron chi connectivity index (χ0n) is 12.2. The van der Waals surface area contributed by atoms with Gasteiger partial charge in [-0.2, -0.15) is 0 Å². The molecule has 3 nitrogen and oxygen atoms in total. The summed E-state index contributed by atoms with van der Waals surface area (Å²) in [5.41, 5.74) is 0.992. The van der Waals surface area contributed by atoms with Crippen molar-refractivity contribution in [1.29, 1.82) is 0 Å². The van der Waals surface area contributed by atoms with Gasteiger partial charge >= 0.3 is 0 Å². The summed E-state index contributed by atoms with van der Waals surface area (Å²) in [5, 5.41) is 3.89. The highest BCUT2D eigenvalue weighted by Crippen LogP contribution is 2.18. The van der Waals surface area contributed by atoms with E-state index in [4.69, 9.17) is 16.3 Å². The molecule has 1 atom stereocenters. The molecule has 1 unspecified atom stereocenters. The third-order valence-electron chi connectivity index (χ3n) is 2.59. The molecule has 19 heavy (non-hydrogen) atoms. The number of benzene rings is 1. The average Bonchev–Trinajstić information content (AvgIpc) is 2.42. The Morgan fingerprint density at radius 2 is 1.89 bits per heavy atom. The molecule has 0 amide bonds. The number of carbonyl (C=O) groups is 1. The second-order valence-electron chi connectivity index (χ2n) is 3.91. The maximum atomic E-state index is 11.6. The van der Waals surface area contributed by atoms with Gasteiger partial charge in [0.05, 0.1) is 12.5 Å². The molecule has 0 aliphatic heterocycles. The van der Waals surface area contributed by atoms with E-state index in [1.54, 1.807) is 14.0 Å². The Bertz CT molecular complexity index is 352. The fourth-order valence-corrected chi connectivity index (χ4v) is 1.74. The summed E-state index contributed by atoms with van der Waals surface area (Å²) in [6, 6.07) is 7.41. The summed E-state index contributed by atoms with van der Waals surface area (Å²) in [6.45, 7) is 7.62. The van der Waals surface area contributed by atoms with E-state index in [0.29, 0.717) is 18.2 Å². The Hall–Kier alpha value is -0.900. The smallest absolute Gasteiger partial charge is 0.138 e. The molecule has 0 aromatic heterocycles. The highest BCUT2D eigenvalue weighted by atomic mass is 35.5. The molecule has 0 bridgehead atoms. The summed E-state index contributed by atoms with van der Waals surface area (Å²) in [6.07, 6.45) is 0. The molecule has 1 rings (SSSR count). The number of rotatable bonds is 7. The van der Waals surface area contributed by atoms with Crippen LogP contribution in [0.2, 0.25) is 5.02 Å². The summed E-state index contributed by atoms with van der Waals surface area (Å²) in [7, 11) is 1.66. The first kappa shape index (κ1) is 18.1. The van der Waals surface area contributed by atoms with Crippen molar-refractivity contribution in [3.63, 3.8) is 0 Å². The Balaban J connectivity index is 0.00000154. The number of hydrogen-bond donors (Lipinski definition) is 1. The van der Waals surface area contributed by atoms with Gasteiger partial charge in [-0.25, -0.2) is 0 Å². The number of hydrogen-bond acceptors (Lipinski definition) is 3. The molecule has 1 aromatic rings. The van der Waals surface area contributed by atoms with Gasteiger partial charge in [0.1, 0.15) is 5.78 Å². The number of methoxy groups -OCH3 is 1. The third-order valence-corrected chi connectivity index (χ3v) is 2.85. The Morgan fingerprint density at radius 1 is 1.32 bits per heavy atom. The van der Waals surface area contributed by atoms with E-state index in [0.717, 1.165) is 12.1 Å². The summed E-state index contributed by atoms with van der Waals surface area (Å²) in [5.74, 6) is 0.0290. The van der Waals surface area contributed by atoms with E-state index < -0.39 is 0 Å². The molecule has 0 aliphatic rings. The van der Waals surface area contributed by atoms with Gasteiger partial charge in [0.15, 0.2) is 0 Å². The van der Waals surface area contributed by atoms with Crippen molar-refractivity contribution in [2.45, 2.75) is 26.7 Å². The van der Waals surface area contributed by atoms with Crippen molar-refractivity contribution < 1.29 is 9.53 Å². The Morgan fingerprint density at radius 3 is 2.37 bits per heavy atom. The minimum atomic E-state index is -0.121. The predicted octanol–water partition coefficient (Wildman–Crippen LogP) is 3.27. The first-order valence-corrected chi connectivity index (χ1v) is 6.98. The lowest BCUT2D eigenvalue weighted by molar-refractivity contribution is -0.118. The van der Waals surface area contributed by atoms with Gasteiger partial charge in [0, 0.05) is 25.2 Å².